The molecule has 0 spiro atoms. The molecule has 0 radical (unpaired) electrons. The Morgan fingerprint density at radius 1 is 1.47 bits per heavy atom. The van der Waals surface area contributed by atoms with Gasteiger partial charge in [0.05, 0.1) is 17.3 Å². The molecule has 1 N–H and O–H groups in total. The second-order valence-electron chi connectivity index (χ2n) is 4.19. The van der Waals surface area contributed by atoms with Crippen molar-refractivity contribution in [3.63, 3.8) is 0 Å². The minimum Gasteiger partial charge on any atom is -0.497 e. The Morgan fingerprint density at radius 2 is 2.29 bits per heavy atom. The van der Waals surface area contributed by atoms with Crippen LogP contribution in [0.25, 0.3) is 10.2 Å². The topological polar surface area (TPSA) is 34.2 Å². The van der Waals surface area contributed by atoms with Gasteiger partial charge in [0, 0.05) is 6.04 Å². The van der Waals surface area contributed by atoms with E-state index in [1.165, 1.54) is 12.8 Å². The van der Waals surface area contributed by atoms with Gasteiger partial charge in [-0.25, -0.2) is 4.98 Å². The molecular formula is C13H18N2OS. The summed E-state index contributed by atoms with van der Waals surface area (Å²) in [4.78, 5) is 4.56. The van der Waals surface area contributed by atoms with Crippen molar-refractivity contribution < 1.29 is 4.74 Å². The highest BCUT2D eigenvalue weighted by Crippen LogP contribution is 2.29. The maximum atomic E-state index is 5.21. The molecule has 1 aromatic heterocycles. The van der Waals surface area contributed by atoms with Crippen LogP contribution in [0, 0.1) is 0 Å². The summed E-state index contributed by atoms with van der Waals surface area (Å²) in [5, 5.41) is 4.43. The van der Waals surface area contributed by atoms with Gasteiger partial charge in [-0.15, -0.1) is 0 Å². The van der Waals surface area contributed by atoms with E-state index >= 15 is 0 Å². The SMILES string of the molecule is CCCC(C)Nc1nc2ccc(OC)cc2s1. The second kappa shape index (κ2) is 5.36. The zero-order valence-corrected chi connectivity index (χ0v) is 11.3. The lowest BCUT2D eigenvalue weighted by Crippen LogP contribution is -2.13. The minimum absolute atomic E-state index is 0.474. The van der Waals surface area contributed by atoms with E-state index in [1.807, 2.05) is 18.2 Å². The van der Waals surface area contributed by atoms with Crippen molar-refractivity contribution in [2.45, 2.75) is 32.7 Å². The van der Waals surface area contributed by atoms with Crippen LogP contribution in [0.5, 0.6) is 5.75 Å². The van der Waals surface area contributed by atoms with E-state index in [0.29, 0.717) is 6.04 Å². The molecule has 4 heteroatoms. The third-order valence-corrected chi connectivity index (χ3v) is 3.64. The second-order valence-corrected chi connectivity index (χ2v) is 5.22. The molecule has 1 aromatic carbocycles. The Balaban J connectivity index is 2.19. The Bertz CT molecular complexity index is 495. The molecule has 1 heterocycles. The Kier molecular flexibility index (Phi) is 3.84. The van der Waals surface area contributed by atoms with Crippen LogP contribution in [0.1, 0.15) is 26.7 Å². The number of fused-ring (bicyclic) bond motifs is 1. The van der Waals surface area contributed by atoms with E-state index in [-0.39, 0.29) is 0 Å². The number of anilines is 1. The maximum absolute atomic E-state index is 5.21. The number of thiazole rings is 1. The summed E-state index contributed by atoms with van der Waals surface area (Å²) in [7, 11) is 1.69. The van der Waals surface area contributed by atoms with E-state index in [0.717, 1.165) is 21.1 Å². The summed E-state index contributed by atoms with van der Waals surface area (Å²) in [5.74, 6) is 0.884. The third kappa shape index (κ3) is 2.88. The molecule has 0 aliphatic carbocycles. The molecule has 2 aromatic rings. The fourth-order valence-corrected chi connectivity index (χ4v) is 2.82. The number of ether oxygens (including phenoxy) is 1. The van der Waals surface area contributed by atoms with Crippen molar-refractivity contribution >= 4 is 26.7 Å². The van der Waals surface area contributed by atoms with E-state index in [2.05, 4.69) is 24.1 Å². The van der Waals surface area contributed by atoms with Crippen LogP contribution in [0.4, 0.5) is 5.13 Å². The standard InChI is InChI=1S/C13H18N2OS/c1-4-5-9(2)14-13-15-11-7-6-10(16-3)8-12(11)17-13/h6-9H,4-5H2,1-3H3,(H,14,15). The molecule has 2 rings (SSSR count). The Hall–Kier alpha value is -1.29. The van der Waals surface area contributed by atoms with Gasteiger partial charge >= 0.3 is 0 Å². The zero-order chi connectivity index (χ0) is 12.3. The number of rotatable bonds is 5. The predicted molar refractivity (Wildman–Crippen MR) is 74.2 cm³/mol. The molecule has 17 heavy (non-hydrogen) atoms. The van der Waals surface area contributed by atoms with Gasteiger partial charge < -0.3 is 10.1 Å². The van der Waals surface area contributed by atoms with Crippen LogP contribution in [0.15, 0.2) is 18.2 Å². The summed E-state index contributed by atoms with van der Waals surface area (Å²) in [6, 6.07) is 6.45. The molecule has 1 atom stereocenters. The fourth-order valence-electron chi connectivity index (χ4n) is 1.81. The number of aromatic nitrogens is 1. The molecular weight excluding hydrogens is 232 g/mol. The first-order chi connectivity index (χ1) is 8.22. The maximum Gasteiger partial charge on any atom is 0.184 e. The normalized spacial score (nSPS) is 12.6. The lowest BCUT2D eigenvalue weighted by molar-refractivity contribution is 0.415. The van der Waals surface area contributed by atoms with Gasteiger partial charge in [-0.3, -0.25) is 0 Å². The monoisotopic (exact) mass is 250 g/mol. The van der Waals surface area contributed by atoms with Gasteiger partial charge in [-0.1, -0.05) is 24.7 Å². The lowest BCUT2D eigenvalue weighted by Gasteiger charge is -2.10. The average molecular weight is 250 g/mol. The first-order valence-corrected chi connectivity index (χ1v) is 6.75. The molecule has 0 amide bonds. The molecule has 92 valence electrons. The van der Waals surface area contributed by atoms with Crippen molar-refractivity contribution in [1.29, 1.82) is 0 Å². The van der Waals surface area contributed by atoms with Crippen LogP contribution < -0.4 is 10.1 Å². The predicted octanol–water partition coefficient (Wildman–Crippen LogP) is 3.91. The number of nitrogens with zero attached hydrogens (tertiary/aromatic N) is 1. The molecule has 1 unspecified atom stereocenters. The third-order valence-electron chi connectivity index (χ3n) is 2.69. The summed E-state index contributed by atoms with van der Waals surface area (Å²) in [6.07, 6.45) is 2.35. The highest BCUT2D eigenvalue weighted by Gasteiger charge is 2.07. The van der Waals surface area contributed by atoms with Gasteiger partial charge in [-0.05, 0) is 31.5 Å². The van der Waals surface area contributed by atoms with Crippen molar-refractivity contribution in [3.8, 4) is 5.75 Å². The van der Waals surface area contributed by atoms with E-state index < -0.39 is 0 Å². The van der Waals surface area contributed by atoms with Crippen molar-refractivity contribution in [2.24, 2.45) is 0 Å². The Morgan fingerprint density at radius 3 is 3.00 bits per heavy atom. The fraction of sp³-hybridized carbons (Fsp3) is 0.462. The van der Waals surface area contributed by atoms with Gasteiger partial charge in [-0.2, -0.15) is 0 Å². The molecule has 0 aliphatic rings. The average Bonchev–Trinajstić information content (AvgIpc) is 2.69. The zero-order valence-electron chi connectivity index (χ0n) is 10.5. The van der Waals surface area contributed by atoms with Crippen LogP contribution in [-0.4, -0.2) is 18.1 Å². The van der Waals surface area contributed by atoms with Crippen molar-refractivity contribution in [2.75, 3.05) is 12.4 Å². The molecule has 0 aliphatic heterocycles. The molecule has 0 fully saturated rings. The largest absolute Gasteiger partial charge is 0.497 e. The molecule has 3 nitrogen and oxygen atoms in total. The van der Waals surface area contributed by atoms with Crippen LogP contribution >= 0.6 is 11.3 Å². The highest BCUT2D eigenvalue weighted by atomic mass is 32.1. The molecule has 0 saturated heterocycles. The Labute approximate surface area is 106 Å². The van der Waals surface area contributed by atoms with Crippen LogP contribution in [0.2, 0.25) is 0 Å². The first-order valence-electron chi connectivity index (χ1n) is 5.94. The summed E-state index contributed by atoms with van der Waals surface area (Å²) >= 11 is 1.68. The van der Waals surface area contributed by atoms with Gasteiger partial charge in [0.1, 0.15) is 5.75 Å². The number of hydrogen-bond acceptors (Lipinski definition) is 4. The number of nitrogens with one attached hydrogen (secondary N) is 1. The van der Waals surface area contributed by atoms with Gasteiger partial charge in [0.2, 0.25) is 0 Å². The quantitative estimate of drug-likeness (QED) is 0.873. The summed E-state index contributed by atoms with van der Waals surface area (Å²) < 4.78 is 6.37. The van der Waals surface area contributed by atoms with Crippen molar-refractivity contribution in [3.05, 3.63) is 18.2 Å². The van der Waals surface area contributed by atoms with E-state index in [4.69, 9.17) is 4.74 Å². The van der Waals surface area contributed by atoms with E-state index in [9.17, 15) is 0 Å². The summed E-state index contributed by atoms with van der Waals surface area (Å²) in [5.41, 5.74) is 1.03. The number of hydrogen-bond donors (Lipinski definition) is 1. The summed E-state index contributed by atoms with van der Waals surface area (Å²) in [6.45, 7) is 4.39. The lowest BCUT2D eigenvalue weighted by atomic mass is 10.2. The smallest absolute Gasteiger partial charge is 0.184 e. The number of methoxy groups -OCH3 is 1. The van der Waals surface area contributed by atoms with Crippen LogP contribution in [-0.2, 0) is 0 Å². The number of benzene rings is 1. The van der Waals surface area contributed by atoms with E-state index in [1.54, 1.807) is 18.4 Å². The van der Waals surface area contributed by atoms with Gasteiger partial charge in [0.15, 0.2) is 5.13 Å². The minimum atomic E-state index is 0.474. The highest BCUT2D eigenvalue weighted by molar-refractivity contribution is 7.22. The van der Waals surface area contributed by atoms with Crippen LogP contribution in [0.3, 0.4) is 0 Å². The van der Waals surface area contributed by atoms with Gasteiger partial charge in [0.25, 0.3) is 0 Å². The van der Waals surface area contributed by atoms with Crippen molar-refractivity contribution in [1.82, 2.24) is 4.98 Å². The first kappa shape index (κ1) is 12.2. The molecule has 0 bridgehead atoms. The molecule has 0 saturated carbocycles.